The van der Waals surface area contributed by atoms with Crippen LogP contribution in [0.25, 0.3) is 32.9 Å². The molecule has 2 aromatic heterocycles. The molecule has 10 nitrogen and oxygen atoms in total. The number of rotatable bonds is 6. The van der Waals surface area contributed by atoms with Crippen LogP contribution in [0.2, 0.25) is 5.02 Å². The van der Waals surface area contributed by atoms with Crippen LogP contribution in [-0.4, -0.2) is 87.4 Å². The summed E-state index contributed by atoms with van der Waals surface area (Å²) in [6.45, 7) is 8.10. The number of fused-ring (bicyclic) bond motifs is 3. The third-order valence-electron chi connectivity index (χ3n) is 9.97. The van der Waals surface area contributed by atoms with Gasteiger partial charge in [-0.1, -0.05) is 41.9 Å². The first-order valence-electron chi connectivity index (χ1n) is 16.5. The van der Waals surface area contributed by atoms with E-state index in [4.69, 9.17) is 26.1 Å². The summed E-state index contributed by atoms with van der Waals surface area (Å²) in [5, 5.41) is 12.4. The first-order valence-corrected chi connectivity index (χ1v) is 16.9. The number of nitrogens with zero attached hydrogens (tertiary/aromatic N) is 7. The van der Waals surface area contributed by atoms with Gasteiger partial charge in [0.05, 0.1) is 23.0 Å². The quantitative estimate of drug-likeness (QED) is 0.214. The zero-order chi connectivity index (χ0) is 33.8. The Morgan fingerprint density at radius 2 is 1.90 bits per heavy atom. The average Bonchev–Trinajstić information content (AvgIpc) is 3.77. The molecule has 0 bridgehead atoms. The minimum Gasteiger partial charge on any atom is -0.461 e. The van der Waals surface area contributed by atoms with Crippen LogP contribution in [0.1, 0.15) is 52.9 Å². The van der Waals surface area contributed by atoms with Gasteiger partial charge < -0.3 is 14.4 Å². The van der Waals surface area contributed by atoms with Gasteiger partial charge in [0, 0.05) is 42.2 Å². The van der Waals surface area contributed by atoms with Crippen molar-refractivity contribution >= 4 is 45.2 Å². The first-order chi connectivity index (χ1) is 23.0. The molecule has 0 unspecified atom stereocenters. The molecule has 0 N–H and O–H groups in total. The molecular weight excluding hydrogens is 633 g/mol. The van der Waals surface area contributed by atoms with Gasteiger partial charge in [-0.2, -0.15) is 15.2 Å². The monoisotopic (exact) mass is 671 g/mol. The number of likely N-dealkylation sites (N-methyl/N-ethyl adjacent to an activating group) is 1. The lowest BCUT2D eigenvalue weighted by Gasteiger charge is -2.31. The number of hydrogen-bond acceptors (Lipinski definition) is 9. The van der Waals surface area contributed by atoms with E-state index in [2.05, 4.69) is 20.9 Å². The van der Waals surface area contributed by atoms with E-state index >= 15 is 4.39 Å². The zero-order valence-electron chi connectivity index (χ0n) is 27.7. The summed E-state index contributed by atoms with van der Waals surface area (Å²) in [7, 11) is 1.83. The van der Waals surface area contributed by atoms with E-state index in [1.165, 1.54) is 4.90 Å². The number of benzene rings is 2. The summed E-state index contributed by atoms with van der Waals surface area (Å²) < 4.78 is 28.8. The Morgan fingerprint density at radius 3 is 2.60 bits per heavy atom. The van der Waals surface area contributed by atoms with Crippen molar-refractivity contribution in [3.8, 4) is 23.3 Å². The Kier molecular flexibility index (Phi) is 8.28. The highest BCUT2D eigenvalue weighted by atomic mass is 35.5. The number of aromatic nitrogens is 3. The van der Waals surface area contributed by atoms with Crippen molar-refractivity contribution in [3.63, 3.8) is 0 Å². The summed E-state index contributed by atoms with van der Waals surface area (Å²) in [5.74, 6) is -0.205. The van der Waals surface area contributed by atoms with Crippen molar-refractivity contribution < 1.29 is 18.7 Å². The molecule has 0 saturated carbocycles. The van der Waals surface area contributed by atoms with Crippen LogP contribution in [0.4, 0.5) is 15.0 Å². The van der Waals surface area contributed by atoms with Crippen LogP contribution in [0, 0.1) is 17.1 Å². The molecule has 12 heteroatoms. The van der Waals surface area contributed by atoms with Crippen LogP contribution in [0.5, 0.6) is 6.01 Å². The first kappa shape index (κ1) is 32.3. The molecule has 0 aliphatic carbocycles. The van der Waals surface area contributed by atoms with Gasteiger partial charge in [0.1, 0.15) is 35.3 Å². The molecule has 0 spiro atoms. The fraction of sp³-hybridized carbons (Fsp3) is 0.472. The molecule has 2 aromatic carbocycles. The minimum atomic E-state index is -0.709. The van der Waals surface area contributed by atoms with E-state index in [-0.39, 0.29) is 35.3 Å². The van der Waals surface area contributed by atoms with Gasteiger partial charge in [0.25, 0.3) is 0 Å². The van der Waals surface area contributed by atoms with Crippen molar-refractivity contribution in [2.24, 2.45) is 0 Å². The van der Waals surface area contributed by atoms with Crippen LogP contribution in [0.3, 0.4) is 0 Å². The second-order valence-electron chi connectivity index (χ2n) is 14.1. The van der Waals surface area contributed by atoms with Gasteiger partial charge in [-0.15, -0.1) is 0 Å². The number of nitriles is 1. The fourth-order valence-electron chi connectivity index (χ4n) is 7.61. The second kappa shape index (κ2) is 12.3. The van der Waals surface area contributed by atoms with Crippen molar-refractivity contribution in [3.05, 3.63) is 53.4 Å². The third kappa shape index (κ3) is 5.75. The fourth-order valence-corrected chi connectivity index (χ4v) is 7.89. The Balaban J connectivity index is 1.30. The smallest absolute Gasteiger partial charge is 0.411 e. The molecule has 2 atom stereocenters. The molecular formula is C36H39ClFN7O3. The number of carbonyl (C=O) groups excluding carboxylic acids is 1. The van der Waals surface area contributed by atoms with E-state index in [0.29, 0.717) is 40.2 Å². The molecule has 3 aliphatic rings. The number of hydrogen-bond donors (Lipinski definition) is 0. The van der Waals surface area contributed by atoms with E-state index in [1.807, 2.05) is 36.2 Å². The lowest BCUT2D eigenvalue weighted by molar-refractivity contribution is 0.0257. The highest BCUT2D eigenvalue weighted by molar-refractivity contribution is 6.36. The number of ether oxygens (including phenoxy) is 2. The van der Waals surface area contributed by atoms with Gasteiger partial charge in [0.2, 0.25) is 0 Å². The summed E-state index contributed by atoms with van der Waals surface area (Å²) in [6.07, 6.45) is 5.69. The molecule has 250 valence electrons. The lowest BCUT2D eigenvalue weighted by Crippen LogP contribution is -2.43. The Morgan fingerprint density at radius 1 is 1.17 bits per heavy atom. The van der Waals surface area contributed by atoms with Gasteiger partial charge >= 0.3 is 12.1 Å². The average molecular weight is 672 g/mol. The SMILES string of the molecule is CN(c1nc(OCC23CCCN2CCC3)nc2c(F)c(-c3cccc4cccc(Cl)c34)ncc12)[C@@H]1C[C@H](C#N)N(C(=O)OC(C)(C)C)C1. The topological polar surface area (TPSA) is 108 Å². The van der Waals surface area contributed by atoms with Crippen molar-refractivity contribution in [2.45, 2.75) is 76.1 Å². The molecule has 3 aliphatic heterocycles. The number of carbonyl (C=O) groups is 1. The Labute approximate surface area is 284 Å². The summed E-state index contributed by atoms with van der Waals surface area (Å²) in [6, 6.07) is 12.5. The second-order valence-corrected chi connectivity index (χ2v) is 14.5. The summed E-state index contributed by atoms with van der Waals surface area (Å²) in [5.41, 5.74) is -0.0234. The van der Waals surface area contributed by atoms with E-state index in [9.17, 15) is 10.1 Å². The van der Waals surface area contributed by atoms with E-state index < -0.39 is 23.6 Å². The Bertz CT molecular complexity index is 1930. The summed E-state index contributed by atoms with van der Waals surface area (Å²) in [4.78, 5) is 33.0. The van der Waals surface area contributed by atoms with Crippen molar-refractivity contribution in [1.29, 1.82) is 5.26 Å². The molecule has 5 heterocycles. The maximum absolute atomic E-state index is 16.8. The predicted octanol–water partition coefficient (Wildman–Crippen LogP) is 6.98. The number of pyridine rings is 1. The summed E-state index contributed by atoms with van der Waals surface area (Å²) >= 11 is 6.62. The maximum atomic E-state index is 16.8. The van der Waals surface area contributed by atoms with Crippen molar-refractivity contribution in [1.82, 2.24) is 24.8 Å². The number of amides is 1. The third-order valence-corrected chi connectivity index (χ3v) is 10.3. The van der Waals surface area contributed by atoms with Gasteiger partial charge in [-0.3, -0.25) is 14.8 Å². The van der Waals surface area contributed by atoms with E-state index in [0.717, 1.165) is 44.2 Å². The normalized spacial score (nSPS) is 20.6. The largest absolute Gasteiger partial charge is 0.461 e. The van der Waals surface area contributed by atoms with Crippen LogP contribution >= 0.6 is 11.6 Å². The van der Waals surface area contributed by atoms with Crippen LogP contribution in [-0.2, 0) is 4.74 Å². The lowest BCUT2D eigenvalue weighted by atomic mass is 9.95. The molecule has 0 radical (unpaired) electrons. The maximum Gasteiger partial charge on any atom is 0.411 e. The van der Waals surface area contributed by atoms with Crippen LogP contribution < -0.4 is 9.64 Å². The van der Waals surface area contributed by atoms with Gasteiger partial charge in [-0.25, -0.2) is 9.18 Å². The highest BCUT2D eigenvalue weighted by Gasteiger charge is 2.45. The van der Waals surface area contributed by atoms with Gasteiger partial charge in [-0.05, 0) is 71.0 Å². The number of halogens is 2. The number of likely N-dealkylation sites (tertiary alicyclic amines) is 1. The predicted molar refractivity (Wildman–Crippen MR) is 183 cm³/mol. The standard InChI is InChI=1S/C36H39ClFN7O3/c1-35(2,3)48-34(46)45-20-24(17-23(45)18-39)43(4)32-26-19-40-30(25-11-5-9-22-10-6-12-27(37)28(22)25)29(38)31(26)41-33(42-32)47-21-36-13-7-15-44(36)16-8-14-36/h5-6,9-12,19,23-24H,7-8,13-17,20-21H2,1-4H3/t23-,24-/m1/s1. The molecule has 3 saturated heterocycles. The van der Waals surface area contributed by atoms with E-state index in [1.54, 1.807) is 39.1 Å². The minimum absolute atomic E-state index is 0.0641. The molecule has 3 fully saturated rings. The molecule has 1 amide bonds. The molecule has 48 heavy (non-hydrogen) atoms. The zero-order valence-corrected chi connectivity index (χ0v) is 28.4. The molecule has 7 rings (SSSR count). The van der Waals surface area contributed by atoms with Crippen LogP contribution in [0.15, 0.2) is 42.6 Å². The van der Waals surface area contributed by atoms with Crippen molar-refractivity contribution in [2.75, 3.05) is 38.2 Å². The number of anilines is 1. The highest BCUT2D eigenvalue weighted by Crippen LogP contribution is 2.41. The van der Waals surface area contributed by atoms with Gasteiger partial charge in [0.15, 0.2) is 5.82 Å². The molecule has 4 aromatic rings. The Hall–Kier alpha value is -4.27.